The summed E-state index contributed by atoms with van der Waals surface area (Å²) in [6.07, 6.45) is 3.26. The Balaban J connectivity index is 1.75. The molecule has 0 unspecified atom stereocenters. The Labute approximate surface area is 166 Å². The summed E-state index contributed by atoms with van der Waals surface area (Å²) in [5.74, 6) is -1.73. The van der Waals surface area contributed by atoms with Crippen LogP contribution in [0.5, 0.6) is 5.75 Å². The number of β-amino-alcohol motifs (C(OH)–C–C–N with tert-alkyl or cyclic N) is 1. The van der Waals surface area contributed by atoms with Gasteiger partial charge in [0.05, 0.1) is 25.8 Å². The zero-order valence-corrected chi connectivity index (χ0v) is 15.7. The molecule has 2 aromatic rings. The van der Waals surface area contributed by atoms with E-state index in [4.69, 9.17) is 14.6 Å². The number of nitrogens with zero attached hydrogens (tertiary/aromatic N) is 2. The number of rotatable bonds is 8. The molecule has 1 aromatic carbocycles. The number of ether oxygens (including phenoxy) is 2. The average Bonchev–Trinajstić information content (AvgIpc) is 3.03. The van der Waals surface area contributed by atoms with Crippen molar-refractivity contribution in [3.63, 3.8) is 0 Å². The number of hydrogen-bond acceptors (Lipinski definition) is 7. The molecule has 0 bridgehead atoms. The number of methoxy groups -OCH3 is 1. The largest absolute Gasteiger partial charge is 0.486 e. The number of hydrogen-bond donors (Lipinski definition) is 2. The van der Waals surface area contributed by atoms with E-state index >= 15 is 0 Å². The van der Waals surface area contributed by atoms with Gasteiger partial charge in [0.2, 0.25) is 0 Å². The molecule has 8 nitrogen and oxygen atoms in total. The fraction of sp³-hybridized carbons (Fsp3) is 0.250. The lowest BCUT2D eigenvalue weighted by Crippen LogP contribution is -2.31. The van der Waals surface area contributed by atoms with Gasteiger partial charge in [0, 0.05) is 36.3 Å². The zero-order valence-electron chi connectivity index (χ0n) is 15.7. The number of aliphatic hydroxyl groups is 1. The van der Waals surface area contributed by atoms with Gasteiger partial charge < -0.3 is 24.8 Å². The van der Waals surface area contributed by atoms with Crippen molar-refractivity contribution in [3.05, 3.63) is 65.4 Å². The zero-order chi connectivity index (χ0) is 20.8. The number of anilines is 1. The molecule has 1 aromatic heterocycles. The summed E-state index contributed by atoms with van der Waals surface area (Å²) in [6, 6.07) is 7.70. The maximum atomic E-state index is 14.4. The van der Waals surface area contributed by atoms with Crippen LogP contribution in [0.2, 0.25) is 0 Å². The molecule has 2 N–H and O–H groups in total. The molecule has 0 radical (unpaired) electrons. The van der Waals surface area contributed by atoms with Crippen molar-refractivity contribution in [3.8, 4) is 5.75 Å². The third kappa shape index (κ3) is 4.69. The molecule has 1 aliphatic rings. The predicted molar refractivity (Wildman–Crippen MR) is 101 cm³/mol. The maximum Gasteiger partial charge on any atom is 0.337 e. The van der Waals surface area contributed by atoms with Gasteiger partial charge in [-0.1, -0.05) is 6.07 Å². The lowest BCUT2D eigenvalue weighted by Gasteiger charge is -2.15. The van der Waals surface area contributed by atoms with Crippen LogP contribution in [-0.2, 0) is 20.9 Å². The highest BCUT2D eigenvalue weighted by atomic mass is 19.1. The molecule has 0 atom stereocenters. The summed E-state index contributed by atoms with van der Waals surface area (Å²) < 4.78 is 24.6. The molecule has 0 aliphatic carbocycles. The number of nitrogens with one attached hydrogen (secondary N) is 1. The second kappa shape index (κ2) is 9.16. The van der Waals surface area contributed by atoms with Gasteiger partial charge in [0.15, 0.2) is 11.6 Å². The van der Waals surface area contributed by atoms with Crippen LogP contribution < -0.4 is 10.1 Å². The van der Waals surface area contributed by atoms with Gasteiger partial charge in [-0.05, 0) is 18.2 Å². The Kier molecular flexibility index (Phi) is 6.40. The van der Waals surface area contributed by atoms with Crippen molar-refractivity contribution in [1.82, 2.24) is 9.88 Å². The molecule has 9 heteroatoms. The smallest absolute Gasteiger partial charge is 0.337 e. The first-order chi connectivity index (χ1) is 14.0. The van der Waals surface area contributed by atoms with E-state index in [9.17, 15) is 14.0 Å². The molecule has 0 fully saturated rings. The second-order valence-corrected chi connectivity index (χ2v) is 6.22. The predicted octanol–water partition coefficient (Wildman–Crippen LogP) is 1.47. The number of carbonyl (C=O) groups is 2. The summed E-state index contributed by atoms with van der Waals surface area (Å²) in [7, 11) is 1.21. The van der Waals surface area contributed by atoms with E-state index in [1.165, 1.54) is 30.2 Å². The lowest BCUT2D eigenvalue weighted by atomic mass is 10.2. The molecule has 3 rings (SSSR count). The molecular weight excluding hydrogens is 381 g/mol. The van der Waals surface area contributed by atoms with E-state index in [0.717, 1.165) is 5.56 Å². The number of amides is 1. The summed E-state index contributed by atoms with van der Waals surface area (Å²) in [5, 5.41) is 11.9. The van der Waals surface area contributed by atoms with Crippen LogP contribution in [0.1, 0.15) is 5.56 Å². The van der Waals surface area contributed by atoms with E-state index < -0.39 is 17.7 Å². The standard InChI is InChI=1S/C20H20FN3O5/c1-28-20(27)15-11-24(7-8-25)19(26)18(15)23-14-4-5-17(16(21)9-14)29-12-13-3-2-6-22-10-13/h2-6,9-10,23,25H,7-8,11-12H2,1H3. The van der Waals surface area contributed by atoms with Crippen LogP contribution in [0.15, 0.2) is 54.0 Å². The van der Waals surface area contributed by atoms with Gasteiger partial charge in [0.25, 0.3) is 5.91 Å². The SMILES string of the molecule is COC(=O)C1=C(Nc2ccc(OCc3cccnc3)c(F)c2)C(=O)N(CCO)C1. The molecular formula is C20H20FN3O5. The number of halogens is 1. The Morgan fingerprint density at radius 3 is 2.86 bits per heavy atom. The van der Waals surface area contributed by atoms with Crippen molar-refractivity contribution in [1.29, 1.82) is 0 Å². The summed E-state index contributed by atoms with van der Waals surface area (Å²) in [6.45, 7) is -0.0158. The van der Waals surface area contributed by atoms with Crippen LogP contribution in [0.25, 0.3) is 0 Å². The van der Waals surface area contributed by atoms with Crippen LogP contribution in [-0.4, -0.2) is 53.7 Å². The van der Waals surface area contributed by atoms with E-state index in [1.807, 2.05) is 6.07 Å². The summed E-state index contributed by atoms with van der Waals surface area (Å²) in [4.78, 5) is 29.8. The topological polar surface area (TPSA) is 101 Å². The van der Waals surface area contributed by atoms with Crippen molar-refractivity contribution < 1.29 is 28.6 Å². The van der Waals surface area contributed by atoms with E-state index in [0.29, 0.717) is 0 Å². The van der Waals surface area contributed by atoms with Gasteiger partial charge in [-0.25, -0.2) is 9.18 Å². The summed E-state index contributed by atoms with van der Waals surface area (Å²) >= 11 is 0. The Morgan fingerprint density at radius 1 is 1.38 bits per heavy atom. The Bertz CT molecular complexity index is 933. The highest BCUT2D eigenvalue weighted by molar-refractivity contribution is 6.08. The lowest BCUT2D eigenvalue weighted by molar-refractivity contribution is -0.136. The molecule has 2 heterocycles. The van der Waals surface area contributed by atoms with Crippen LogP contribution >= 0.6 is 0 Å². The highest BCUT2D eigenvalue weighted by Gasteiger charge is 2.34. The molecule has 0 saturated heterocycles. The number of aliphatic hydroxyl groups excluding tert-OH is 1. The fourth-order valence-electron chi connectivity index (χ4n) is 2.83. The fourth-order valence-corrected chi connectivity index (χ4v) is 2.83. The van der Waals surface area contributed by atoms with Crippen LogP contribution in [0.3, 0.4) is 0 Å². The number of benzene rings is 1. The van der Waals surface area contributed by atoms with E-state index in [2.05, 4.69) is 10.3 Å². The van der Waals surface area contributed by atoms with Crippen LogP contribution in [0.4, 0.5) is 10.1 Å². The third-order valence-corrected chi connectivity index (χ3v) is 4.27. The van der Waals surface area contributed by atoms with Crippen molar-refractivity contribution >= 4 is 17.6 Å². The van der Waals surface area contributed by atoms with Crippen molar-refractivity contribution in [2.45, 2.75) is 6.61 Å². The Hall–Kier alpha value is -3.46. The molecule has 0 spiro atoms. The van der Waals surface area contributed by atoms with E-state index in [-0.39, 0.29) is 49.0 Å². The molecule has 1 amide bonds. The second-order valence-electron chi connectivity index (χ2n) is 6.22. The number of aromatic nitrogens is 1. The molecule has 152 valence electrons. The average molecular weight is 401 g/mol. The number of carbonyl (C=O) groups excluding carboxylic acids is 2. The van der Waals surface area contributed by atoms with Gasteiger partial charge in [-0.15, -0.1) is 0 Å². The number of pyridine rings is 1. The van der Waals surface area contributed by atoms with Crippen LogP contribution in [0, 0.1) is 5.82 Å². The molecule has 0 saturated carbocycles. The highest BCUT2D eigenvalue weighted by Crippen LogP contribution is 2.26. The number of esters is 1. The maximum absolute atomic E-state index is 14.4. The van der Waals surface area contributed by atoms with Gasteiger partial charge in [-0.3, -0.25) is 9.78 Å². The van der Waals surface area contributed by atoms with Gasteiger partial charge >= 0.3 is 5.97 Å². The third-order valence-electron chi connectivity index (χ3n) is 4.27. The monoisotopic (exact) mass is 401 g/mol. The minimum absolute atomic E-state index is 0.00316. The normalized spacial score (nSPS) is 13.6. The first-order valence-electron chi connectivity index (χ1n) is 8.83. The first-order valence-corrected chi connectivity index (χ1v) is 8.83. The van der Waals surface area contributed by atoms with Crippen molar-refractivity contribution in [2.24, 2.45) is 0 Å². The minimum atomic E-state index is -0.668. The molecule has 29 heavy (non-hydrogen) atoms. The molecule has 1 aliphatic heterocycles. The quantitative estimate of drug-likeness (QED) is 0.646. The van der Waals surface area contributed by atoms with Gasteiger partial charge in [-0.2, -0.15) is 0 Å². The van der Waals surface area contributed by atoms with Crippen molar-refractivity contribution in [2.75, 3.05) is 32.1 Å². The first kappa shape index (κ1) is 20.3. The minimum Gasteiger partial charge on any atom is -0.486 e. The van der Waals surface area contributed by atoms with Gasteiger partial charge in [0.1, 0.15) is 12.3 Å². The van der Waals surface area contributed by atoms with E-state index in [1.54, 1.807) is 18.5 Å². The Morgan fingerprint density at radius 2 is 2.21 bits per heavy atom. The summed E-state index contributed by atoms with van der Waals surface area (Å²) in [5.41, 5.74) is 1.17.